The molecule has 6 heteroatoms. The molecule has 2 atom stereocenters. The van der Waals surface area contributed by atoms with Gasteiger partial charge in [-0.15, -0.1) is 0 Å². The van der Waals surface area contributed by atoms with Crippen molar-refractivity contribution in [1.82, 2.24) is 5.32 Å². The molecule has 0 fully saturated rings. The molecule has 200 valence electrons. The van der Waals surface area contributed by atoms with Gasteiger partial charge in [-0.05, 0) is 44.1 Å². The standard InChI is InChI=1S/C30H45NO5/c1-30(27-17-15-23(33-4)19-29(27)34-5)21-35-28-20-24(36-22-32-3)14-16-25(28)26(30)13-11-9-7-6-8-10-12-18-31-2/h14-17,19-20,26,31H,6-13,18,21-22H2,1-5H3. The summed E-state index contributed by atoms with van der Waals surface area (Å²) in [6.45, 7) is 4.22. The first-order valence-corrected chi connectivity index (χ1v) is 13.3. The van der Waals surface area contributed by atoms with Gasteiger partial charge in [0.25, 0.3) is 0 Å². The fourth-order valence-corrected chi connectivity index (χ4v) is 5.36. The Bertz CT molecular complexity index is 934. The molecule has 1 heterocycles. The zero-order chi connectivity index (χ0) is 25.8. The molecule has 6 nitrogen and oxygen atoms in total. The lowest BCUT2D eigenvalue weighted by Gasteiger charge is -2.43. The highest BCUT2D eigenvalue weighted by Gasteiger charge is 2.44. The molecule has 1 aliphatic heterocycles. The average molecular weight is 500 g/mol. The summed E-state index contributed by atoms with van der Waals surface area (Å²) in [5.41, 5.74) is 2.16. The predicted molar refractivity (Wildman–Crippen MR) is 145 cm³/mol. The van der Waals surface area contributed by atoms with Crippen molar-refractivity contribution in [2.45, 2.75) is 69.6 Å². The third-order valence-electron chi connectivity index (χ3n) is 7.44. The zero-order valence-electron chi connectivity index (χ0n) is 22.9. The molecule has 3 rings (SSSR count). The summed E-state index contributed by atoms with van der Waals surface area (Å²) < 4.78 is 28.4. The Morgan fingerprint density at radius 2 is 1.61 bits per heavy atom. The van der Waals surface area contributed by atoms with Crippen molar-refractivity contribution in [3.8, 4) is 23.0 Å². The second kappa shape index (κ2) is 14.3. The van der Waals surface area contributed by atoms with Crippen LogP contribution in [0.4, 0.5) is 0 Å². The minimum Gasteiger partial charge on any atom is -0.497 e. The van der Waals surface area contributed by atoms with Crippen LogP contribution in [0, 0.1) is 0 Å². The van der Waals surface area contributed by atoms with E-state index in [1.54, 1.807) is 21.3 Å². The monoisotopic (exact) mass is 499 g/mol. The Hall–Kier alpha value is -2.44. The van der Waals surface area contributed by atoms with E-state index in [9.17, 15) is 0 Å². The summed E-state index contributed by atoms with van der Waals surface area (Å²) in [4.78, 5) is 0. The normalized spacial score (nSPS) is 18.9. The zero-order valence-corrected chi connectivity index (χ0v) is 22.9. The predicted octanol–water partition coefficient (Wildman–Crippen LogP) is 6.46. The van der Waals surface area contributed by atoms with E-state index in [-0.39, 0.29) is 12.2 Å². The van der Waals surface area contributed by atoms with Crippen LogP contribution in [-0.4, -0.2) is 48.3 Å². The maximum absolute atomic E-state index is 6.38. The first kappa shape index (κ1) is 28.1. The summed E-state index contributed by atoms with van der Waals surface area (Å²) in [6, 6.07) is 12.3. The first-order chi connectivity index (χ1) is 17.6. The van der Waals surface area contributed by atoms with Crippen LogP contribution in [0.3, 0.4) is 0 Å². The molecular formula is C30H45NO5. The second-order valence-electron chi connectivity index (χ2n) is 9.94. The van der Waals surface area contributed by atoms with Crippen LogP contribution in [0.25, 0.3) is 0 Å². The van der Waals surface area contributed by atoms with E-state index in [0.29, 0.717) is 12.5 Å². The average Bonchev–Trinajstić information content (AvgIpc) is 2.91. The Kier molecular flexibility index (Phi) is 11.2. The van der Waals surface area contributed by atoms with Crippen molar-refractivity contribution in [2.24, 2.45) is 0 Å². The van der Waals surface area contributed by atoms with E-state index in [1.807, 2.05) is 31.3 Å². The van der Waals surface area contributed by atoms with Gasteiger partial charge in [-0.3, -0.25) is 0 Å². The molecule has 2 unspecified atom stereocenters. The lowest BCUT2D eigenvalue weighted by molar-refractivity contribution is 0.0506. The summed E-state index contributed by atoms with van der Waals surface area (Å²) in [5, 5.41) is 3.23. The van der Waals surface area contributed by atoms with Crippen LogP contribution >= 0.6 is 0 Å². The molecule has 0 amide bonds. The summed E-state index contributed by atoms with van der Waals surface area (Å²) >= 11 is 0. The molecule has 0 radical (unpaired) electrons. The van der Waals surface area contributed by atoms with Crippen LogP contribution in [-0.2, 0) is 10.2 Å². The van der Waals surface area contributed by atoms with Crippen LogP contribution in [0.2, 0.25) is 0 Å². The highest BCUT2D eigenvalue weighted by atomic mass is 16.7. The maximum atomic E-state index is 6.38. The fourth-order valence-electron chi connectivity index (χ4n) is 5.36. The number of benzene rings is 2. The molecule has 0 bridgehead atoms. The third-order valence-corrected chi connectivity index (χ3v) is 7.44. The Balaban J connectivity index is 1.78. The number of methoxy groups -OCH3 is 3. The summed E-state index contributed by atoms with van der Waals surface area (Å²) in [5.74, 6) is 3.61. The smallest absolute Gasteiger partial charge is 0.188 e. The number of fused-ring (bicyclic) bond motifs is 1. The Labute approximate surface area is 217 Å². The first-order valence-electron chi connectivity index (χ1n) is 13.3. The second-order valence-corrected chi connectivity index (χ2v) is 9.94. The molecule has 2 aromatic rings. The molecule has 0 aromatic heterocycles. The fraction of sp³-hybridized carbons (Fsp3) is 0.600. The van der Waals surface area contributed by atoms with E-state index in [0.717, 1.165) is 41.5 Å². The topological polar surface area (TPSA) is 58.2 Å². The van der Waals surface area contributed by atoms with Crippen molar-refractivity contribution >= 4 is 0 Å². The van der Waals surface area contributed by atoms with Crippen molar-refractivity contribution in [3.63, 3.8) is 0 Å². The molecule has 36 heavy (non-hydrogen) atoms. The lowest BCUT2D eigenvalue weighted by atomic mass is 9.66. The van der Waals surface area contributed by atoms with Gasteiger partial charge in [-0.25, -0.2) is 0 Å². The summed E-state index contributed by atoms with van der Waals surface area (Å²) in [6.07, 6.45) is 10.1. The minimum atomic E-state index is -0.229. The van der Waals surface area contributed by atoms with Gasteiger partial charge in [0.15, 0.2) is 6.79 Å². The van der Waals surface area contributed by atoms with Gasteiger partial charge < -0.3 is 29.0 Å². The van der Waals surface area contributed by atoms with E-state index in [2.05, 4.69) is 24.4 Å². The highest BCUT2D eigenvalue weighted by molar-refractivity contribution is 5.52. The van der Waals surface area contributed by atoms with Gasteiger partial charge in [0.1, 0.15) is 23.0 Å². The number of unbranched alkanes of at least 4 members (excludes halogenated alkanes) is 6. The lowest BCUT2D eigenvalue weighted by Crippen LogP contribution is -2.40. The molecule has 0 aliphatic carbocycles. The maximum Gasteiger partial charge on any atom is 0.188 e. The van der Waals surface area contributed by atoms with Gasteiger partial charge in [-0.2, -0.15) is 0 Å². The molecule has 0 saturated carbocycles. The summed E-state index contributed by atoms with van der Waals surface area (Å²) in [7, 11) is 7.06. The SMILES string of the molecule is CNCCCCCCCCCC1c2ccc(OCOC)cc2OCC1(C)c1ccc(OC)cc1OC. The molecular weight excluding hydrogens is 454 g/mol. The van der Waals surface area contributed by atoms with E-state index in [4.69, 9.17) is 23.7 Å². The van der Waals surface area contributed by atoms with E-state index < -0.39 is 0 Å². The van der Waals surface area contributed by atoms with Gasteiger partial charge in [0, 0.05) is 36.1 Å². The minimum absolute atomic E-state index is 0.220. The number of rotatable bonds is 16. The highest BCUT2D eigenvalue weighted by Crippen LogP contribution is 2.52. The van der Waals surface area contributed by atoms with E-state index >= 15 is 0 Å². The number of hydrogen-bond donors (Lipinski definition) is 1. The van der Waals surface area contributed by atoms with Crippen molar-refractivity contribution in [2.75, 3.05) is 48.3 Å². The third kappa shape index (κ3) is 7.07. The number of hydrogen-bond acceptors (Lipinski definition) is 6. The largest absolute Gasteiger partial charge is 0.497 e. The van der Waals surface area contributed by atoms with Crippen molar-refractivity contribution in [3.05, 3.63) is 47.5 Å². The van der Waals surface area contributed by atoms with Crippen LogP contribution in [0.15, 0.2) is 36.4 Å². The Morgan fingerprint density at radius 1 is 0.889 bits per heavy atom. The number of nitrogens with one attached hydrogen (secondary N) is 1. The molecule has 1 N–H and O–H groups in total. The number of ether oxygens (including phenoxy) is 5. The van der Waals surface area contributed by atoms with E-state index in [1.165, 1.54) is 50.5 Å². The van der Waals surface area contributed by atoms with Crippen LogP contribution < -0.4 is 24.3 Å². The molecule has 2 aromatic carbocycles. The van der Waals surface area contributed by atoms with Gasteiger partial charge in [-0.1, -0.05) is 57.6 Å². The van der Waals surface area contributed by atoms with Gasteiger partial charge in [0.2, 0.25) is 0 Å². The molecule has 1 aliphatic rings. The van der Waals surface area contributed by atoms with Gasteiger partial charge >= 0.3 is 0 Å². The van der Waals surface area contributed by atoms with Crippen LogP contribution in [0.1, 0.15) is 75.3 Å². The quantitative estimate of drug-likeness (QED) is 0.211. The Morgan fingerprint density at radius 3 is 2.31 bits per heavy atom. The van der Waals surface area contributed by atoms with Gasteiger partial charge in [0.05, 0.1) is 20.8 Å². The molecule has 0 spiro atoms. The molecule has 0 saturated heterocycles. The van der Waals surface area contributed by atoms with Crippen LogP contribution in [0.5, 0.6) is 23.0 Å². The van der Waals surface area contributed by atoms with Crippen molar-refractivity contribution < 1.29 is 23.7 Å². The van der Waals surface area contributed by atoms with Crippen molar-refractivity contribution in [1.29, 1.82) is 0 Å².